The van der Waals surface area contributed by atoms with Crippen molar-refractivity contribution in [2.45, 2.75) is 33.8 Å². The van der Waals surface area contributed by atoms with E-state index in [0.29, 0.717) is 12.2 Å². The van der Waals surface area contributed by atoms with Gasteiger partial charge in [0.05, 0.1) is 7.11 Å². The van der Waals surface area contributed by atoms with Crippen molar-refractivity contribution in [2.24, 2.45) is 0 Å². The number of ether oxygens (including phenoxy) is 2. The lowest BCUT2D eigenvalue weighted by atomic mass is 9.98. The number of ketones is 1. The molecule has 0 saturated heterocycles. The van der Waals surface area contributed by atoms with Crippen molar-refractivity contribution in [1.29, 1.82) is 0 Å². The van der Waals surface area contributed by atoms with E-state index >= 15 is 0 Å². The third-order valence-corrected chi connectivity index (χ3v) is 2.79. The Labute approximate surface area is 103 Å². The van der Waals surface area contributed by atoms with Crippen LogP contribution in [0.25, 0.3) is 0 Å². The molecule has 0 amide bonds. The average Bonchev–Trinajstić information content (AvgIpc) is 2.31. The Morgan fingerprint density at radius 2 is 1.94 bits per heavy atom. The Hall–Kier alpha value is -1.35. The zero-order chi connectivity index (χ0) is 13.0. The molecule has 0 aromatic heterocycles. The molecule has 0 aliphatic heterocycles. The standard InChI is InChI=1S/C14H20O3/c1-6-17-11(4)14(15)12-7-10(3)13(16-5)8-9(12)2/h7-8,11H,6H2,1-5H3. The van der Waals surface area contributed by atoms with Crippen LogP contribution in [0.15, 0.2) is 12.1 Å². The minimum Gasteiger partial charge on any atom is -0.496 e. The highest BCUT2D eigenvalue weighted by Gasteiger charge is 2.18. The summed E-state index contributed by atoms with van der Waals surface area (Å²) in [7, 11) is 1.63. The molecular weight excluding hydrogens is 216 g/mol. The molecule has 17 heavy (non-hydrogen) atoms. The first-order valence-electron chi connectivity index (χ1n) is 5.82. The fourth-order valence-corrected chi connectivity index (χ4v) is 1.82. The average molecular weight is 236 g/mol. The van der Waals surface area contributed by atoms with E-state index in [2.05, 4.69) is 0 Å². The molecule has 1 aromatic carbocycles. The lowest BCUT2D eigenvalue weighted by Crippen LogP contribution is -2.21. The van der Waals surface area contributed by atoms with Crippen LogP contribution < -0.4 is 4.74 Å². The van der Waals surface area contributed by atoms with Crippen LogP contribution in [0.3, 0.4) is 0 Å². The van der Waals surface area contributed by atoms with Gasteiger partial charge in [-0.1, -0.05) is 0 Å². The number of rotatable bonds is 5. The Kier molecular flexibility index (Phi) is 4.70. The number of hydrogen-bond donors (Lipinski definition) is 0. The van der Waals surface area contributed by atoms with E-state index in [4.69, 9.17) is 9.47 Å². The third kappa shape index (κ3) is 3.07. The Bertz CT molecular complexity index is 410. The fraction of sp³-hybridized carbons (Fsp3) is 0.500. The van der Waals surface area contributed by atoms with Gasteiger partial charge in [0.25, 0.3) is 0 Å². The van der Waals surface area contributed by atoms with Crippen LogP contribution in [0.4, 0.5) is 0 Å². The molecule has 0 aliphatic carbocycles. The quantitative estimate of drug-likeness (QED) is 0.737. The molecule has 0 heterocycles. The van der Waals surface area contributed by atoms with Gasteiger partial charge in [0.15, 0.2) is 5.78 Å². The third-order valence-electron chi connectivity index (χ3n) is 2.79. The van der Waals surface area contributed by atoms with Crippen LogP contribution in [0.2, 0.25) is 0 Å². The maximum atomic E-state index is 12.1. The second-order valence-corrected chi connectivity index (χ2v) is 4.10. The normalized spacial score (nSPS) is 12.3. The van der Waals surface area contributed by atoms with Gasteiger partial charge in [-0.3, -0.25) is 4.79 Å². The molecule has 3 nitrogen and oxygen atoms in total. The van der Waals surface area contributed by atoms with Crippen LogP contribution in [0.5, 0.6) is 5.75 Å². The maximum absolute atomic E-state index is 12.1. The molecule has 0 fully saturated rings. The van der Waals surface area contributed by atoms with Crippen molar-refractivity contribution in [3.05, 3.63) is 28.8 Å². The van der Waals surface area contributed by atoms with Gasteiger partial charge in [-0.25, -0.2) is 0 Å². The van der Waals surface area contributed by atoms with E-state index in [1.54, 1.807) is 14.0 Å². The van der Waals surface area contributed by atoms with Gasteiger partial charge < -0.3 is 9.47 Å². The number of Topliss-reactive ketones (excluding diaryl/α,β-unsaturated/α-hetero) is 1. The number of carbonyl (C=O) groups is 1. The van der Waals surface area contributed by atoms with Gasteiger partial charge in [-0.15, -0.1) is 0 Å². The van der Waals surface area contributed by atoms with Gasteiger partial charge in [0.2, 0.25) is 0 Å². The van der Waals surface area contributed by atoms with Crippen LogP contribution in [0.1, 0.15) is 35.3 Å². The van der Waals surface area contributed by atoms with E-state index in [0.717, 1.165) is 16.9 Å². The molecule has 0 saturated carbocycles. The van der Waals surface area contributed by atoms with Gasteiger partial charge in [0.1, 0.15) is 11.9 Å². The van der Waals surface area contributed by atoms with Crippen molar-refractivity contribution >= 4 is 5.78 Å². The zero-order valence-corrected chi connectivity index (χ0v) is 11.2. The summed E-state index contributed by atoms with van der Waals surface area (Å²) in [4.78, 5) is 12.1. The van der Waals surface area contributed by atoms with Crippen molar-refractivity contribution in [3.8, 4) is 5.75 Å². The minimum absolute atomic E-state index is 0.0232. The fourth-order valence-electron chi connectivity index (χ4n) is 1.82. The van der Waals surface area contributed by atoms with Crippen LogP contribution in [0, 0.1) is 13.8 Å². The Balaban J connectivity index is 3.06. The second kappa shape index (κ2) is 5.82. The summed E-state index contributed by atoms with van der Waals surface area (Å²) in [6.45, 7) is 8.05. The Morgan fingerprint density at radius 3 is 2.47 bits per heavy atom. The lowest BCUT2D eigenvalue weighted by Gasteiger charge is -2.14. The number of methoxy groups -OCH3 is 1. The van der Waals surface area contributed by atoms with Gasteiger partial charge in [0, 0.05) is 12.2 Å². The smallest absolute Gasteiger partial charge is 0.191 e. The number of hydrogen-bond acceptors (Lipinski definition) is 3. The predicted octanol–water partition coefficient (Wildman–Crippen LogP) is 2.92. The Morgan fingerprint density at radius 1 is 1.29 bits per heavy atom. The summed E-state index contributed by atoms with van der Waals surface area (Å²) in [5.41, 5.74) is 2.60. The zero-order valence-electron chi connectivity index (χ0n) is 11.2. The molecule has 0 bridgehead atoms. The van der Waals surface area contributed by atoms with Gasteiger partial charge in [-0.05, 0) is 51.0 Å². The highest BCUT2D eigenvalue weighted by Crippen LogP contribution is 2.23. The van der Waals surface area contributed by atoms with Gasteiger partial charge >= 0.3 is 0 Å². The maximum Gasteiger partial charge on any atom is 0.191 e. The van der Waals surface area contributed by atoms with E-state index in [1.807, 2.05) is 32.9 Å². The minimum atomic E-state index is -0.397. The van der Waals surface area contributed by atoms with Gasteiger partial charge in [-0.2, -0.15) is 0 Å². The molecule has 0 radical (unpaired) electrons. The summed E-state index contributed by atoms with van der Waals surface area (Å²) in [5.74, 6) is 0.832. The largest absolute Gasteiger partial charge is 0.496 e. The van der Waals surface area contributed by atoms with E-state index in [9.17, 15) is 4.79 Å². The number of carbonyl (C=O) groups excluding carboxylic acids is 1. The molecule has 1 unspecified atom stereocenters. The van der Waals surface area contributed by atoms with E-state index in [-0.39, 0.29) is 5.78 Å². The summed E-state index contributed by atoms with van der Waals surface area (Å²) >= 11 is 0. The van der Waals surface area contributed by atoms with E-state index < -0.39 is 6.10 Å². The van der Waals surface area contributed by atoms with Crippen LogP contribution in [-0.4, -0.2) is 25.6 Å². The number of benzene rings is 1. The first-order valence-corrected chi connectivity index (χ1v) is 5.82. The summed E-state index contributed by atoms with van der Waals surface area (Å²) in [6, 6.07) is 3.76. The molecule has 0 spiro atoms. The highest BCUT2D eigenvalue weighted by molar-refractivity contribution is 6.00. The molecule has 0 aliphatic rings. The predicted molar refractivity (Wildman–Crippen MR) is 67.9 cm³/mol. The van der Waals surface area contributed by atoms with Crippen molar-refractivity contribution < 1.29 is 14.3 Å². The summed E-state index contributed by atoms with van der Waals surface area (Å²) in [5, 5.41) is 0. The monoisotopic (exact) mass is 236 g/mol. The SMILES string of the molecule is CCOC(C)C(=O)c1cc(C)c(OC)cc1C. The lowest BCUT2D eigenvalue weighted by molar-refractivity contribution is 0.0520. The second-order valence-electron chi connectivity index (χ2n) is 4.10. The molecular formula is C14H20O3. The number of aryl methyl sites for hydroxylation is 2. The first-order chi connectivity index (χ1) is 8.01. The molecule has 3 heteroatoms. The first kappa shape index (κ1) is 13.7. The van der Waals surface area contributed by atoms with Crippen LogP contribution in [-0.2, 0) is 4.74 Å². The molecule has 94 valence electrons. The summed E-state index contributed by atoms with van der Waals surface area (Å²) in [6.07, 6.45) is -0.397. The summed E-state index contributed by atoms with van der Waals surface area (Å²) < 4.78 is 10.6. The van der Waals surface area contributed by atoms with E-state index in [1.165, 1.54) is 0 Å². The van der Waals surface area contributed by atoms with Crippen LogP contribution >= 0.6 is 0 Å². The highest BCUT2D eigenvalue weighted by atomic mass is 16.5. The van der Waals surface area contributed by atoms with Crippen molar-refractivity contribution in [3.63, 3.8) is 0 Å². The molecule has 0 N–H and O–H groups in total. The van der Waals surface area contributed by atoms with Crippen molar-refractivity contribution in [1.82, 2.24) is 0 Å². The molecule has 1 atom stereocenters. The van der Waals surface area contributed by atoms with Crippen molar-refractivity contribution in [2.75, 3.05) is 13.7 Å². The molecule has 1 aromatic rings. The topological polar surface area (TPSA) is 35.5 Å². The molecule has 1 rings (SSSR count).